The molecule has 1 aromatic rings. The third kappa shape index (κ3) is 3.50. The molecule has 1 saturated heterocycles. The summed E-state index contributed by atoms with van der Waals surface area (Å²) in [7, 11) is 1.59. The van der Waals surface area contributed by atoms with E-state index >= 15 is 0 Å². The van der Waals surface area contributed by atoms with Gasteiger partial charge in [-0.25, -0.2) is 8.78 Å². The Morgan fingerprint density at radius 3 is 2.84 bits per heavy atom. The van der Waals surface area contributed by atoms with Gasteiger partial charge in [-0.2, -0.15) is 0 Å². The van der Waals surface area contributed by atoms with E-state index in [1.807, 2.05) is 0 Å². The van der Waals surface area contributed by atoms with Gasteiger partial charge in [0.25, 0.3) is 0 Å². The van der Waals surface area contributed by atoms with Crippen LogP contribution in [0.25, 0.3) is 0 Å². The van der Waals surface area contributed by atoms with Crippen molar-refractivity contribution in [2.45, 2.75) is 19.3 Å². The highest BCUT2D eigenvalue weighted by atomic mass is 19.2. The van der Waals surface area contributed by atoms with Crippen LogP contribution in [0, 0.1) is 17.6 Å². The molecule has 0 aliphatic carbocycles. The Kier molecular flexibility index (Phi) is 4.47. The van der Waals surface area contributed by atoms with Crippen molar-refractivity contribution < 1.29 is 13.6 Å². The molecular formula is C14H18F2N2O. The summed E-state index contributed by atoms with van der Waals surface area (Å²) in [6.07, 6.45) is 2.54. The first-order chi connectivity index (χ1) is 9.08. The maximum absolute atomic E-state index is 13.1. The first-order valence-electron chi connectivity index (χ1n) is 6.50. The molecule has 1 unspecified atom stereocenters. The summed E-state index contributed by atoms with van der Waals surface area (Å²) in [6, 6.07) is 3.50. The van der Waals surface area contributed by atoms with Crippen molar-refractivity contribution in [1.29, 1.82) is 0 Å². The van der Waals surface area contributed by atoms with Gasteiger partial charge in [0, 0.05) is 25.2 Å². The smallest absolute Gasteiger partial charge is 0.227 e. The SMILES string of the molecule is CN(C(=O)CC1CCCNC1)c1ccc(F)c(F)c1. The van der Waals surface area contributed by atoms with Crippen molar-refractivity contribution in [2.75, 3.05) is 25.0 Å². The number of piperidine rings is 1. The molecule has 1 heterocycles. The predicted octanol–water partition coefficient (Wildman–Crippen LogP) is 2.32. The molecule has 1 fully saturated rings. The molecule has 0 radical (unpaired) electrons. The molecule has 0 saturated carbocycles. The van der Waals surface area contributed by atoms with Gasteiger partial charge in [-0.1, -0.05) is 0 Å². The second-order valence-electron chi connectivity index (χ2n) is 4.97. The van der Waals surface area contributed by atoms with E-state index in [0.29, 0.717) is 18.0 Å². The molecule has 3 nitrogen and oxygen atoms in total. The molecule has 0 aromatic heterocycles. The van der Waals surface area contributed by atoms with Gasteiger partial charge in [0.2, 0.25) is 5.91 Å². The number of carbonyl (C=O) groups is 1. The van der Waals surface area contributed by atoms with Crippen LogP contribution in [-0.2, 0) is 4.79 Å². The third-order valence-corrected chi connectivity index (χ3v) is 3.53. The lowest BCUT2D eigenvalue weighted by molar-refractivity contribution is -0.119. The Morgan fingerprint density at radius 2 is 2.21 bits per heavy atom. The molecule has 1 aromatic carbocycles. The molecule has 1 N–H and O–H groups in total. The number of hydrogen-bond donors (Lipinski definition) is 1. The average Bonchev–Trinajstić information content (AvgIpc) is 2.42. The summed E-state index contributed by atoms with van der Waals surface area (Å²) in [6.45, 7) is 1.85. The maximum Gasteiger partial charge on any atom is 0.227 e. The molecule has 104 valence electrons. The fraction of sp³-hybridized carbons (Fsp3) is 0.500. The van der Waals surface area contributed by atoms with Crippen molar-refractivity contribution in [3.63, 3.8) is 0 Å². The average molecular weight is 268 g/mol. The zero-order chi connectivity index (χ0) is 13.8. The van der Waals surface area contributed by atoms with Gasteiger partial charge in [0.15, 0.2) is 11.6 Å². The number of nitrogens with one attached hydrogen (secondary N) is 1. The van der Waals surface area contributed by atoms with Gasteiger partial charge in [-0.3, -0.25) is 4.79 Å². The molecule has 0 bridgehead atoms. The molecule has 1 atom stereocenters. The van der Waals surface area contributed by atoms with E-state index < -0.39 is 11.6 Å². The van der Waals surface area contributed by atoms with E-state index in [1.54, 1.807) is 7.05 Å². The van der Waals surface area contributed by atoms with Gasteiger partial charge in [0.05, 0.1) is 0 Å². The molecule has 19 heavy (non-hydrogen) atoms. The number of rotatable bonds is 3. The molecule has 1 aliphatic heterocycles. The summed E-state index contributed by atoms with van der Waals surface area (Å²) >= 11 is 0. The van der Waals surface area contributed by atoms with E-state index in [0.717, 1.165) is 38.1 Å². The highest BCUT2D eigenvalue weighted by Crippen LogP contribution is 2.20. The first kappa shape index (κ1) is 13.9. The van der Waals surface area contributed by atoms with Gasteiger partial charge in [-0.05, 0) is 44.0 Å². The fourth-order valence-electron chi connectivity index (χ4n) is 2.32. The van der Waals surface area contributed by atoms with Gasteiger partial charge < -0.3 is 10.2 Å². The van der Waals surface area contributed by atoms with E-state index in [-0.39, 0.29) is 5.91 Å². The van der Waals surface area contributed by atoms with Crippen LogP contribution < -0.4 is 10.2 Å². The molecule has 2 rings (SSSR count). The Labute approximate surface area is 111 Å². The normalized spacial score (nSPS) is 19.2. The van der Waals surface area contributed by atoms with Crippen LogP contribution in [0.5, 0.6) is 0 Å². The number of anilines is 1. The topological polar surface area (TPSA) is 32.3 Å². The Balaban J connectivity index is 1.99. The summed E-state index contributed by atoms with van der Waals surface area (Å²) in [5, 5.41) is 3.26. The van der Waals surface area contributed by atoms with E-state index in [9.17, 15) is 13.6 Å². The Morgan fingerprint density at radius 1 is 1.42 bits per heavy atom. The molecule has 5 heteroatoms. The van der Waals surface area contributed by atoms with E-state index in [1.165, 1.54) is 11.0 Å². The first-order valence-corrected chi connectivity index (χ1v) is 6.50. The summed E-state index contributed by atoms with van der Waals surface area (Å²) in [5.41, 5.74) is 0.382. The van der Waals surface area contributed by atoms with Crippen molar-refractivity contribution in [1.82, 2.24) is 5.32 Å². The lowest BCUT2D eigenvalue weighted by Crippen LogP contribution is -2.35. The minimum Gasteiger partial charge on any atom is -0.316 e. The van der Waals surface area contributed by atoms with Gasteiger partial charge in [-0.15, -0.1) is 0 Å². The number of benzene rings is 1. The van der Waals surface area contributed by atoms with Crippen LogP contribution in [0.2, 0.25) is 0 Å². The summed E-state index contributed by atoms with van der Waals surface area (Å²) in [4.78, 5) is 13.5. The van der Waals surface area contributed by atoms with Crippen molar-refractivity contribution in [3.05, 3.63) is 29.8 Å². The third-order valence-electron chi connectivity index (χ3n) is 3.53. The van der Waals surface area contributed by atoms with Crippen LogP contribution in [0.15, 0.2) is 18.2 Å². The summed E-state index contributed by atoms with van der Waals surface area (Å²) < 4.78 is 26.0. The second kappa shape index (κ2) is 6.10. The quantitative estimate of drug-likeness (QED) is 0.912. The number of amides is 1. The Bertz CT molecular complexity index is 459. The maximum atomic E-state index is 13.1. The molecular weight excluding hydrogens is 250 g/mol. The monoisotopic (exact) mass is 268 g/mol. The van der Waals surface area contributed by atoms with Crippen LogP contribution >= 0.6 is 0 Å². The van der Waals surface area contributed by atoms with Crippen molar-refractivity contribution in [3.8, 4) is 0 Å². The Hall–Kier alpha value is -1.49. The van der Waals surface area contributed by atoms with Crippen LogP contribution in [0.3, 0.4) is 0 Å². The minimum absolute atomic E-state index is 0.0697. The zero-order valence-electron chi connectivity index (χ0n) is 11.0. The molecule has 0 spiro atoms. The standard InChI is InChI=1S/C14H18F2N2O/c1-18(11-4-5-12(15)13(16)8-11)14(19)7-10-3-2-6-17-9-10/h4-5,8,10,17H,2-3,6-7,9H2,1H3. The van der Waals surface area contributed by atoms with E-state index in [4.69, 9.17) is 0 Å². The fourth-order valence-corrected chi connectivity index (χ4v) is 2.32. The van der Waals surface area contributed by atoms with Crippen molar-refractivity contribution in [2.24, 2.45) is 5.92 Å². The minimum atomic E-state index is -0.934. The van der Waals surface area contributed by atoms with Crippen LogP contribution in [0.1, 0.15) is 19.3 Å². The number of carbonyl (C=O) groups excluding carboxylic acids is 1. The van der Waals surface area contributed by atoms with Gasteiger partial charge >= 0.3 is 0 Å². The number of halogens is 2. The summed E-state index contributed by atoms with van der Waals surface area (Å²) in [5.74, 6) is -1.58. The molecule has 1 aliphatic rings. The highest BCUT2D eigenvalue weighted by molar-refractivity contribution is 5.92. The van der Waals surface area contributed by atoms with Crippen molar-refractivity contribution >= 4 is 11.6 Å². The zero-order valence-corrected chi connectivity index (χ0v) is 11.0. The predicted molar refractivity (Wildman–Crippen MR) is 70.0 cm³/mol. The lowest BCUT2D eigenvalue weighted by Gasteiger charge is -2.25. The highest BCUT2D eigenvalue weighted by Gasteiger charge is 2.20. The number of hydrogen-bond acceptors (Lipinski definition) is 2. The van der Waals surface area contributed by atoms with Crippen LogP contribution in [-0.4, -0.2) is 26.0 Å². The lowest BCUT2D eigenvalue weighted by atomic mass is 9.95. The van der Waals surface area contributed by atoms with Crippen LogP contribution in [0.4, 0.5) is 14.5 Å². The molecule has 1 amide bonds. The van der Waals surface area contributed by atoms with E-state index in [2.05, 4.69) is 5.32 Å². The largest absolute Gasteiger partial charge is 0.316 e. The second-order valence-corrected chi connectivity index (χ2v) is 4.97. The number of nitrogens with zero attached hydrogens (tertiary/aromatic N) is 1. The van der Waals surface area contributed by atoms with Gasteiger partial charge in [0.1, 0.15) is 0 Å².